The van der Waals surface area contributed by atoms with Crippen LogP contribution in [0, 0.1) is 20.8 Å². The molecule has 0 saturated carbocycles. The van der Waals surface area contributed by atoms with E-state index in [0.29, 0.717) is 16.7 Å². The summed E-state index contributed by atoms with van der Waals surface area (Å²) in [6.07, 6.45) is 0. The molecule has 31 heavy (non-hydrogen) atoms. The zero-order chi connectivity index (χ0) is 22.2. The number of phenols is 1. The monoisotopic (exact) mass is 428 g/mol. The lowest BCUT2D eigenvalue weighted by molar-refractivity contribution is 0.464. The average Bonchev–Trinajstić information content (AvgIpc) is 2.78. The van der Waals surface area contributed by atoms with E-state index in [4.69, 9.17) is 0 Å². The van der Waals surface area contributed by atoms with Crippen molar-refractivity contribution in [1.29, 1.82) is 0 Å². The Hall–Kier alpha value is -3.37. The number of hydrogen-bond donors (Lipinski definition) is 1. The highest BCUT2D eigenvalue weighted by atomic mass is 32.2. The molecule has 3 nitrogen and oxygen atoms in total. The van der Waals surface area contributed by atoms with Crippen LogP contribution in [0.3, 0.4) is 0 Å². The van der Waals surface area contributed by atoms with Crippen molar-refractivity contribution in [1.82, 2.24) is 0 Å². The summed E-state index contributed by atoms with van der Waals surface area (Å²) in [4.78, 5) is 0.352. The molecule has 4 rings (SSSR count). The predicted molar refractivity (Wildman–Crippen MR) is 125 cm³/mol. The van der Waals surface area contributed by atoms with E-state index < -0.39 is 9.84 Å². The molecule has 4 aromatic rings. The van der Waals surface area contributed by atoms with E-state index in [9.17, 15) is 13.5 Å². The number of sulfone groups is 1. The second-order valence-electron chi connectivity index (χ2n) is 7.73. The van der Waals surface area contributed by atoms with Gasteiger partial charge in [0.15, 0.2) is 0 Å². The molecule has 0 aliphatic carbocycles. The molecule has 156 valence electrons. The van der Waals surface area contributed by atoms with Crippen LogP contribution in [-0.4, -0.2) is 13.5 Å². The van der Waals surface area contributed by atoms with Gasteiger partial charge in [0.1, 0.15) is 5.75 Å². The Morgan fingerprint density at radius 2 is 1.10 bits per heavy atom. The highest BCUT2D eigenvalue weighted by Crippen LogP contribution is 2.47. The fourth-order valence-electron chi connectivity index (χ4n) is 4.01. The Balaban J connectivity index is 2.18. The van der Waals surface area contributed by atoms with Gasteiger partial charge < -0.3 is 5.11 Å². The number of aryl methyl sites for hydroxylation is 1. The van der Waals surface area contributed by atoms with Crippen molar-refractivity contribution >= 4 is 9.84 Å². The molecule has 0 aromatic heterocycles. The first-order valence-electron chi connectivity index (χ1n) is 10.1. The maximum atomic E-state index is 13.9. The predicted octanol–water partition coefficient (Wildman–Crippen LogP) is 6.48. The standard InChI is InChI=1S/C27H24O3S/c1-18-14-16-23(17-15-18)31(29,30)27-20(3)26(28)19(2)24(21-10-6-4-7-11-21)25(27)22-12-8-5-9-13-22/h4-17,28H,1-3H3. The van der Waals surface area contributed by atoms with Gasteiger partial charge in [0.2, 0.25) is 9.84 Å². The summed E-state index contributed by atoms with van der Waals surface area (Å²) < 4.78 is 27.8. The second-order valence-corrected chi connectivity index (χ2v) is 9.61. The maximum Gasteiger partial charge on any atom is 0.207 e. The van der Waals surface area contributed by atoms with Gasteiger partial charge in [0.05, 0.1) is 9.79 Å². The van der Waals surface area contributed by atoms with Gasteiger partial charge in [-0.25, -0.2) is 8.42 Å². The summed E-state index contributed by atoms with van der Waals surface area (Å²) in [6, 6.07) is 25.9. The first-order valence-corrected chi connectivity index (χ1v) is 11.6. The number of phenolic OH excluding ortho intramolecular Hbond substituents is 1. The van der Waals surface area contributed by atoms with Crippen molar-refractivity contribution in [2.24, 2.45) is 0 Å². The van der Waals surface area contributed by atoms with E-state index in [0.717, 1.165) is 22.3 Å². The van der Waals surface area contributed by atoms with Crippen LogP contribution in [0.15, 0.2) is 94.7 Å². The van der Waals surface area contributed by atoms with Gasteiger partial charge in [-0.3, -0.25) is 0 Å². The van der Waals surface area contributed by atoms with Crippen LogP contribution in [-0.2, 0) is 9.84 Å². The normalized spacial score (nSPS) is 11.5. The van der Waals surface area contributed by atoms with Crippen molar-refractivity contribution in [3.05, 3.63) is 102 Å². The van der Waals surface area contributed by atoms with E-state index in [1.807, 2.05) is 74.5 Å². The molecule has 1 N–H and O–H groups in total. The molecule has 0 unspecified atom stereocenters. The van der Waals surface area contributed by atoms with Crippen LogP contribution in [0.1, 0.15) is 16.7 Å². The summed E-state index contributed by atoms with van der Waals surface area (Å²) in [7, 11) is -3.89. The molecule has 0 saturated heterocycles. The first-order chi connectivity index (χ1) is 14.8. The molecule has 0 heterocycles. The van der Waals surface area contributed by atoms with Crippen LogP contribution in [0.5, 0.6) is 5.75 Å². The third kappa shape index (κ3) is 3.64. The lowest BCUT2D eigenvalue weighted by Crippen LogP contribution is -2.09. The third-order valence-electron chi connectivity index (χ3n) is 5.63. The van der Waals surface area contributed by atoms with Gasteiger partial charge in [-0.05, 0) is 55.2 Å². The van der Waals surface area contributed by atoms with E-state index in [1.54, 1.807) is 31.2 Å². The molecule has 0 atom stereocenters. The van der Waals surface area contributed by atoms with Crippen LogP contribution in [0.4, 0.5) is 0 Å². The fraction of sp³-hybridized carbons (Fsp3) is 0.111. The summed E-state index contributed by atoms with van der Waals surface area (Å²) in [6.45, 7) is 5.42. The topological polar surface area (TPSA) is 54.4 Å². The van der Waals surface area contributed by atoms with Gasteiger partial charge in [0.25, 0.3) is 0 Å². The number of hydrogen-bond acceptors (Lipinski definition) is 3. The van der Waals surface area contributed by atoms with E-state index in [-0.39, 0.29) is 15.5 Å². The van der Waals surface area contributed by atoms with Gasteiger partial charge in [-0.1, -0.05) is 78.4 Å². The Bertz CT molecular complexity index is 1340. The summed E-state index contributed by atoms with van der Waals surface area (Å²) in [5.74, 6) is 0.00391. The third-order valence-corrected chi connectivity index (χ3v) is 7.57. The Morgan fingerprint density at radius 3 is 1.61 bits per heavy atom. The quantitative estimate of drug-likeness (QED) is 0.404. The Kier molecular flexibility index (Phi) is 5.42. The Labute approximate surface area is 183 Å². The lowest BCUT2D eigenvalue weighted by Gasteiger charge is -2.22. The minimum atomic E-state index is -3.89. The largest absolute Gasteiger partial charge is 0.507 e. The fourth-order valence-corrected chi connectivity index (χ4v) is 5.73. The lowest BCUT2D eigenvalue weighted by atomic mass is 9.88. The SMILES string of the molecule is Cc1ccc(S(=O)(=O)c2c(C)c(O)c(C)c(-c3ccccc3)c2-c2ccccc2)cc1. The second kappa shape index (κ2) is 8.05. The molecule has 0 radical (unpaired) electrons. The molecule has 0 amide bonds. The highest BCUT2D eigenvalue weighted by Gasteiger charge is 2.30. The van der Waals surface area contributed by atoms with Crippen molar-refractivity contribution in [2.75, 3.05) is 0 Å². The van der Waals surface area contributed by atoms with Crippen LogP contribution in [0.25, 0.3) is 22.3 Å². The molecule has 0 bridgehead atoms. The van der Waals surface area contributed by atoms with E-state index >= 15 is 0 Å². The highest BCUT2D eigenvalue weighted by molar-refractivity contribution is 7.91. The molecule has 0 aliphatic heterocycles. The van der Waals surface area contributed by atoms with Crippen molar-refractivity contribution in [3.63, 3.8) is 0 Å². The summed E-state index contributed by atoms with van der Waals surface area (Å²) in [5.41, 5.74) is 4.98. The minimum absolute atomic E-state index is 0.00391. The zero-order valence-electron chi connectivity index (χ0n) is 17.8. The van der Waals surface area contributed by atoms with Crippen LogP contribution >= 0.6 is 0 Å². The zero-order valence-corrected chi connectivity index (χ0v) is 18.6. The molecule has 4 heteroatoms. The molecule has 4 aromatic carbocycles. The van der Waals surface area contributed by atoms with Crippen molar-refractivity contribution in [2.45, 2.75) is 30.6 Å². The minimum Gasteiger partial charge on any atom is -0.507 e. The average molecular weight is 429 g/mol. The summed E-state index contributed by atoms with van der Waals surface area (Å²) in [5, 5.41) is 11.0. The van der Waals surface area contributed by atoms with E-state index in [2.05, 4.69) is 0 Å². The first kappa shape index (κ1) is 20.9. The number of aromatic hydroxyl groups is 1. The van der Waals surface area contributed by atoms with Crippen molar-refractivity contribution in [3.8, 4) is 28.0 Å². The van der Waals surface area contributed by atoms with E-state index in [1.165, 1.54) is 0 Å². The van der Waals surface area contributed by atoms with Crippen molar-refractivity contribution < 1.29 is 13.5 Å². The maximum absolute atomic E-state index is 13.9. The van der Waals surface area contributed by atoms with Crippen LogP contribution in [0.2, 0.25) is 0 Å². The summed E-state index contributed by atoms with van der Waals surface area (Å²) >= 11 is 0. The molecule has 0 fully saturated rings. The van der Waals surface area contributed by atoms with Gasteiger partial charge in [0, 0.05) is 11.1 Å². The molecule has 0 spiro atoms. The number of rotatable bonds is 4. The molecular formula is C27H24O3S. The number of benzene rings is 4. The van der Waals surface area contributed by atoms with Gasteiger partial charge in [-0.2, -0.15) is 0 Å². The van der Waals surface area contributed by atoms with Crippen LogP contribution < -0.4 is 0 Å². The molecular weight excluding hydrogens is 404 g/mol. The van der Waals surface area contributed by atoms with Gasteiger partial charge >= 0.3 is 0 Å². The van der Waals surface area contributed by atoms with Gasteiger partial charge in [-0.15, -0.1) is 0 Å². The smallest absolute Gasteiger partial charge is 0.207 e. The Morgan fingerprint density at radius 1 is 0.613 bits per heavy atom. The molecule has 0 aliphatic rings.